The molecular weight excluding hydrogens is 266 g/mol. The molecule has 2 heterocycles. The van der Waals surface area contributed by atoms with E-state index in [4.69, 9.17) is 11.6 Å². The number of piperidine rings is 1. The molecule has 0 saturated carbocycles. The van der Waals surface area contributed by atoms with Crippen LogP contribution in [0.1, 0.15) is 13.3 Å². The zero-order chi connectivity index (χ0) is 11.8. The Labute approximate surface area is 105 Å². The summed E-state index contributed by atoms with van der Waals surface area (Å²) in [4.78, 5) is 0. The van der Waals surface area contributed by atoms with Crippen LogP contribution in [-0.2, 0) is 10.0 Å². The summed E-state index contributed by atoms with van der Waals surface area (Å²) in [6, 6.07) is 3.39. The second kappa shape index (κ2) is 4.64. The molecule has 6 heteroatoms. The van der Waals surface area contributed by atoms with Crippen molar-refractivity contribution in [1.29, 1.82) is 0 Å². The average Bonchev–Trinajstić information content (AvgIpc) is 2.75. The SMILES string of the molecule is CC1CCN(S(=O)(=O)c2cccs2)CC1Cl. The quantitative estimate of drug-likeness (QED) is 0.780. The fraction of sp³-hybridized carbons (Fsp3) is 0.600. The van der Waals surface area contributed by atoms with Gasteiger partial charge < -0.3 is 0 Å². The third-order valence-electron chi connectivity index (χ3n) is 2.92. The van der Waals surface area contributed by atoms with Crippen molar-refractivity contribution in [1.82, 2.24) is 4.31 Å². The fourth-order valence-electron chi connectivity index (χ4n) is 1.75. The molecule has 0 radical (unpaired) electrons. The van der Waals surface area contributed by atoms with Crippen LogP contribution in [-0.4, -0.2) is 31.2 Å². The monoisotopic (exact) mass is 279 g/mol. The largest absolute Gasteiger partial charge is 0.252 e. The first-order chi connectivity index (χ1) is 7.51. The van der Waals surface area contributed by atoms with Crippen LogP contribution in [0.15, 0.2) is 21.7 Å². The lowest BCUT2D eigenvalue weighted by molar-refractivity contribution is 0.293. The van der Waals surface area contributed by atoms with E-state index in [0.29, 0.717) is 23.2 Å². The van der Waals surface area contributed by atoms with Gasteiger partial charge in [0.2, 0.25) is 0 Å². The molecule has 2 atom stereocenters. The summed E-state index contributed by atoms with van der Waals surface area (Å²) in [6.07, 6.45) is 0.832. The van der Waals surface area contributed by atoms with Gasteiger partial charge in [0.15, 0.2) is 0 Å². The minimum atomic E-state index is -3.31. The number of nitrogens with zero attached hydrogens (tertiary/aromatic N) is 1. The van der Waals surface area contributed by atoms with E-state index in [0.717, 1.165) is 6.42 Å². The van der Waals surface area contributed by atoms with Gasteiger partial charge in [0.25, 0.3) is 10.0 Å². The van der Waals surface area contributed by atoms with Crippen LogP contribution < -0.4 is 0 Å². The standard InChI is InChI=1S/C10H14ClNO2S2/c1-8-4-5-12(7-9(8)11)16(13,14)10-3-2-6-15-10/h2-3,6,8-9H,4-5,7H2,1H3. The number of rotatable bonds is 2. The molecule has 3 nitrogen and oxygen atoms in total. The molecule has 1 saturated heterocycles. The number of hydrogen-bond acceptors (Lipinski definition) is 3. The van der Waals surface area contributed by atoms with Crippen LogP contribution in [0.4, 0.5) is 0 Å². The van der Waals surface area contributed by atoms with Crippen LogP contribution >= 0.6 is 22.9 Å². The van der Waals surface area contributed by atoms with Gasteiger partial charge in [-0.25, -0.2) is 8.42 Å². The van der Waals surface area contributed by atoms with Gasteiger partial charge in [-0.05, 0) is 23.8 Å². The number of alkyl halides is 1. The Bertz CT molecular complexity index is 443. The number of halogens is 1. The van der Waals surface area contributed by atoms with E-state index in [2.05, 4.69) is 6.92 Å². The van der Waals surface area contributed by atoms with Crippen molar-refractivity contribution in [2.45, 2.75) is 22.9 Å². The maximum absolute atomic E-state index is 12.2. The third kappa shape index (κ3) is 2.27. The van der Waals surface area contributed by atoms with Gasteiger partial charge in [-0.15, -0.1) is 22.9 Å². The summed E-state index contributed by atoms with van der Waals surface area (Å²) in [5, 5.41) is 1.70. The number of hydrogen-bond donors (Lipinski definition) is 0. The molecule has 1 aliphatic rings. The van der Waals surface area contributed by atoms with E-state index >= 15 is 0 Å². The van der Waals surface area contributed by atoms with Crippen molar-refractivity contribution in [3.63, 3.8) is 0 Å². The Hall–Kier alpha value is -0.100. The average molecular weight is 280 g/mol. The molecule has 0 bridgehead atoms. The highest BCUT2D eigenvalue weighted by Gasteiger charge is 2.33. The predicted octanol–water partition coefficient (Wildman–Crippen LogP) is 2.39. The van der Waals surface area contributed by atoms with E-state index in [9.17, 15) is 8.42 Å². The van der Waals surface area contributed by atoms with Gasteiger partial charge in [-0.2, -0.15) is 4.31 Å². The molecule has 1 aromatic heterocycles. The molecule has 0 N–H and O–H groups in total. The molecule has 0 spiro atoms. The Morgan fingerprint density at radius 3 is 2.88 bits per heavy atom. The lowest BCUT2D eigenvalue weighted by Crippen LogP contribution is -2.43. The van der Waals surface area contributed by atoms with Gasteiger partial charge in [0, 0.05) is 18.5 Å². The summed E-state index contributed by atoms with van der Waals surface area (Å²) in [5.41, 5.74) is 0. The topological polar surface area (TPSA) is 37.4 Å². The van der Waals surface area contributed by atoms with E-state index in [1.807, 2.05) is 0 Å². The molecule has 0 aliphatic carbocycles. The minimum absolute atomic E-state index is 0.0801. The first-order valence-electron chi connectivity index (χ1n) is 5.19. The molecule has 1 aliphatic heterocycles. The summed E-state index contributed by atoms with van der Waals surface area (Å²) in [5.74, 6) is 0.386. The molecule has 1 aromatic rings. The van der Waals surface area contributed by atoms with Crippen LogP contribution in [0, 0.1) is 5.92 Å². The minimum Gasteiger partial charge on any atom is -0.206 e. The third-order valence-corrected chi connectivity index (χ3v) is 6.72. The lowest BCUT2D eigenvalue weighted by Gasteiger charge is -2.32. The molecule has 2 rings (SSSR count). The van der Waals surface area contributed by atoms with E-state index in [1.165, 1.54) is 15.6 Å². The van der Waals surface area contributed by atoms with Crippen molar-refractivity contribution < 1.29 is 8.42 Å². The number of thiophene rings is 1. The van der Waals surface area contributed by atoms with Gasteiger partial charge in [0.05, 0.1) is 0 Å². The summed E-state index contributed by atoms with van der Waals surface area (Å²) < 4.78 is 26.3. The smallest absolute Gasteiger partial charge is 0.206 e. The lowest BCUT2D eigenvalue weighted by atomic mass is 10.0. The second-order valence-electron chi connectivity index (χ2n) is 4.08. The van der Waals surface area contributed by atoms with Crippen molar-refractivity contribution >= 4 is 33.0 Å². The highest BCUT2D eigenvalue weighted by molar-refractivity contribution is 7.91. The van der Waals surface area contributed by atoms with Crippen molar-refractivity contribution in [2.24, 2.45) is 5.92 Å². The zero-order valence-corrected chi connectivity index (χ0v) is 11.4. The molecule has 0 aromatic carbocycles. The first-order valence-corrected chi connectivity index (χ1v) is 7.95. The van der Waals surface area contributed by atoms with Crippen LogP contribution in [0.2, 0.25) is 0 Å². The normalized spacial score (nSPS) is 28.1. The van der Waals surface area contributed by atoms with Crippen molar-refractivity contribution in [3.8, 4) is 0 Å². The van der Waals surface area contributed by atoms with E-state index in [1.54, 1.807) is 17.5 Å². The maximum atomic E-state index is 12.2. The molecule has 90 valence electrons. The molecule has 2 unspecified atom stereocenters. The van der Waals surface area contributed by atoms with Crippen LogP contribution in [0.5, 0.6) is 0 Å². The van der Waals surface area contributed by atoms with E-state index < -0.39 is 10.0 Å². The zero-order valence-electron chi connectivity index (χ0n) is 8.97. The molecule has 1 fully saturated rings. The molecule has 16 heavy (non-hydrogen) atoms. The molecule has 0 amide bonds. The fourth-order valence-corrected chi connectivity index (χ4v) is 4.75. The first kappa shape index (κ1) is 12.4. The number of sulfonamides is 1. The van der Waals surface area contributed by atoms with Gasteiger partial charge in [-0.3, -0.25) is 0 Å². The summed E-state index contributed by atoms with van der Waals surface area (Å²) in [7, 11) is -3.31. The second-order valence-corrected chi connectivity index (χ2v) is 7.75. The van der Waals surface area contributed by atoms with Crippen LogP contribution in [0.3, 0.4) is 0 Å². The Balaban J connectivity index is 2.20. The Morgan fingerprint density at radius 1 is 1.56 bits per heavy atom. The summed E-state index contributed by atoms with van der Waals surface area (Å²) in [6.45, 7) is 3.06. The van der Waals surface area contributed by atoms with Gasteiger partial charge >= 0.3 is 0 Å². The molecular formula is C10H14ClNO2S2. The Kier molecular flexibility index (Phi) is 3.59. The Morgan fingerprint density at radius 2 is 2.31 bits per heavy atom. The van der Waals surface area contributed by atoms with Crippen molar-refractivity contribution in [2.75, 3.05) is 13.1 Å². The van der Waals surface area contributed by atoms with Gasteiger partial charge in [0.1, 0.15) is 4.21 Å². The van der Waals surface area contributed by atoms with Crippen molar-refractivity contribution in [3.05, 3.63) is 17.5 Å². The predicted molar refractivity (Wildman–Crippen MR) is 66.5 cm³/mol. The highest BCUT2D eigenvalue weighted by atomic mass is 35.5. The van der Waals surface area contributed by atoms with Crippen LogP contribution in [0.25, 0.3) is 0 Å². The highest BCUT2D eigenvalue weighted by Crippen LogP contribution is 2.28. The van der Waals surface area contributed by atoms with Gasteiger partial charge in [-0.1, -0.05) is 13.0 Å². The summed E-state index contributed by atoms with van der Waals surface area (Å²) >= 11 is 7.38. The van der Waals surface area contributed by atoms with E-state index in [-0.39, 0.29) is 5.38 Å². The maximum Gasteiger partial charge on any atom is 0.252 e.